The fourth-order valence-electron chi connectivity index (χ4n) is 2.22. The second-order valence-electron chi connectivity index (χ2n) is 6.39. The molecule has 0 saturated heterocycles. The Bertz CT molecular complexity index is 480. The van der Waals surface area contributed by atoms with E-state index in [4.69, 9.17) is 5.73 Å². The minimum absolute atomic E-state index is 0.0488. The van der Waals surface area contributed by atoms with Crippen molar-refractivity contribution in [1.29, 1.82) is 0 Å². The van der Waals surface area contributed by atoms with Crippen molar-refractivity contribution >= 4 is 11.9 Å². The van der Waals surface area contributed by atoms with E-state index in [1.54, 1.807) is 30.3 Å². The molecule has 0 fully saturated rings. The lowest BCUT2D eigenvalue weighted by molar-refractivity contribution is -0.142. The summed E-state index contributed by atoms with van der Waals surface area (Å²) in [6.07, 6.45) is 0.608. The molecule has 0 saturated carbocycles. The highest BCUT2D eigenvalue weighted by atomic mass is 16.4. The molecule has 0 aliphatic rings. The highest BCUT2D eigenvalue weighted by Crippen LogP contribution is 2.24. The van der Waals surface area contributed by atoms with Crippen LogP contribution in [0.1, 0.15) is 38.8 Å². The first-order chi connectivity index (χ1) is 9.74. The second-order valence-corrected chi connectivity index (χ2v) is 6.39. The van der Waals surface area contributed by atoms with Crippen molar-refractivity contribution in [3.05, 3.63) is 35.9 Å². The van der Waals surface area contributed by atoms with Crippen LogP contribution in [0.2, 0.25) is 0 Å². The maximum atomic E-state index is 12.3. The number of hydrogen-bond donors (Lipinski definition) is 3. The van der Waals surface area contributed by atoms with E-state index in [1.165, 1.54) is 0 Å². The largest absolute Gasteiger partial charge is 0.479 e. The van der Waals surface area contributed by atoms with Crippen LogP contribution >= 0.6 is 0 Å². The molecule has 1 unspecified atom stereocenters. The standard InChI is InChI=1S/C16H24N2O3/c1-16(2,3)9-12(10-17)14(19)18-13(15(20)21)11-7-5-4-6-8-11/h4-8,12-13H,9-10,17H2,1-3H3,(H,18,19)(H,20,21)/t12?,13-/m0/s1. The Kier molecular flexibility index (Phi) is 5.90. The van der Waals surface area contributed by atoms with Gasteiger partial charge in [-0.15, -0.1) is 0 Å². The SMILES string of the molecule is CC(C)(C)CC(CN)C(=O)N[C@H](C(=O)O)c1ccccc1. The van der Waals surface area contributed by atoms with Crippen LogP contribution in [-0.4, -0.2) is 23.5 Å². The molecule has 1 amide bonds. The van der Waals surface area contributed by atoms with Gasteiger partial charge in [-0.05, 0) is 17.4 Å². The number of amides is 1. The number of hydrogen-bond acceptors (Lipinski definition) is 3. The van der Waals surface area contributed by atoms with Gasteiger partial charge >= 0.3 is 5.97 Å². The normalized spacial score (nSPS) is 14.3. The fourth-order valence-corrected chi connectivity index (χ4v) is 2.22. The van der Waals surface area contributed by atoms with Crippen LogP contribution in [-0.2, 0) is 9.59 Å². The first-order valence-electron chi connectivity index (χ1n) is 7.03. The Labute approximate surface area is 125 Å². The number of carboxylic acids is 1. The molecule has 1 rings (SSSR count). The number of nitrogens with two attached hydrogens (primary N) is 1. The Morgan fingerprint density at radius 3 is 2.24 bits per heavy atom. The third-order valence-corrected chi connectivity index (χ3v) is 3.18. The van der Waals surface area contributed by atoms with Gasteiger partial charge < -0.3 is 16.2 Å². The smallest absolute Gasteiger partial charge is 0.330 e. The molecule has 5 nitrogen and oxygen atoms in total. The lowest BCUT2D eigenvalue weighted by atomic mass is 9.84. The summed E-state index contributed by atoms with van der Waals surface area (Å²) in [6, 6.07) is 7.60. The van der Waals surface area contributed by atoms with Crippen LogP contribution in [0.3, 0.4) is 0 Å². The molecule has 4 N–H and O–H groups in total. The molecule has 0 aromatic heterocycles. The lowest BCUT2D eigenvalue weighted by Gasteiger charge is -2.25. The highest BCUT2D eigenvalue weighted by Gasteiger charge is 2.28. The molecule has 5 heteroatoms. The molecule has 1 aromatic rings. The average molecular weight is 292 g/mol. The molecule has 0 radical (unpaired) electrons. The lowest BCUT2D eigenvalue weighted by Crippen LogP contribution is -2.41. The summed E-state index contributed by atoms with van der Waals surface area (Å²) < 4.78 is 0. The molecular weight excluding hydrogens is 268 g/mol. The van der Waals surface area contributed by atoms with Gasteiger partial charge in [-0.2, -0.15) is 0 Å². The minimum Gasteiger partial charge on any atom is -0.479 e. The maximum Gasteiger partial charge on any atom is 0.330 e. The van der Waals surface area contributed by atoms with Gasteiger partial charge in [0.05, 0.1) is 5.92 Å². The monoisotopic (exact) mass is 292 g/mol. The summed E-state index contributed by atoms with van der Waals surface area (Å²) in [7, 11) is 0. The number of benzene rings is 1. The van der Waals surface area contributed by atoms with Gasteiger partial charge in [0.25, 0.3) is 0 Å². The molecule has 0 bridgehead atoms. The van der Waals surface area contributed by atoms with Crippen molar-refractivity contribution in [2.24, 2.45) is 17.1 Å². The van der Waals surface area contributed by atoms with Crippen molar-refractivity contribution < 1.29 is 14.7 Å². The van der Waals surface area contributed by atoms with Crippen LogP contribution in [0.25, 0.3) is 0 Å². The van der Waals surface area contributed by atoms with Crippen molar-refractivity contribution in [1.82, 2.24) is 5.32 Å². The molecule has 116 valence electrons. The van der Waals surface area contributed by atoms with E-state index in [-0.39, 0.29) is 17.9 Å². The Balaban J connectivity index is 2.84. The van der Waals surface area contributed by atoms with E-state index < -0.39 is 17.9 Å². The van der Waals surface area contributed by atoms with E-state index in [9.17, 15) is 14.7 Å². The highest BCUT2D eigenvalue weighted by molar-refractivity contribution is 5.86. The minimum atomic E-state index is -1.08. The summed E-state index contributed by atoms with van der Waals surface area (Å²) >= 11 is 0. The quantitative estimate of drug-likeness (QED) is 0.747. The van der Waals surface area contributed by atoms with Gasteiger partial charge in [0.15, 0.2) is 6.04 Å². The third kappa shape index (κ3) is 5.55. The second kappa shape index (κ2) is 7.22. The molecule has 21 heavy (non-hydrogen) atoms. The van der Waals surface area contributed by atoms with E-state index >= 15 is 0 Å². The van der Waals surface area contributed by atoms with Crippen LogP contribution in [0, 0.1) is 11.3 Å². The van der Waals surface area contributed by atoms with Gasteiger partial charge in [0, 0.05) is 6.54 Å². The first-order valence-corrected chi connectivity index (χ1v) is 7.03. The van der Waals surface area contributed by atoms with Crippen molar-refractivity contribution in [3.8, 4) is 0 Å². The van der Waals surface area contributed by atoms with E-state index in [2.05, 4.69) is 5.32 Å². The molecule has 0 aliphatic carbocycles. The first kappa shape index (κ1) is 17.2. The fraction of sp³-hybridized carbons (Fsp3) is 0.500. The van der Waals surface area contributed by atoms with Crippen molar-refractivity contribution in [2.45, 2.75) is 33.2 Å². The number of nitrogens with one attached hydrogen (secondary N) is 1. The summed E-state index contributed by atoms with van der Waals surface area (Å²) in [5.41, 5.74) is 6.16. The van der Waals surface area contributed by atoms with Gasteiger partial charge in [0.2, 0.25) is 5.91 Å². The predicted octanol–water partition coefficient (Wildman–Crippen LogP) is 1.94. The number of carbonyl (C=O) groups is 2. The van der Waals surface area contributed by atoms with E-state index in [1.807, 2.05) is 20.8 Å². The molecular formula is C16H24N2O3. The van der Waals surface area contributed by atoms with Crippen LogP contribution in [0.15, 0.2) is 30.3 Å². The van der Waals surface area contributed by atoms with Gasteiger partial charge in [0.1, 0.15) is 0 Å². The summed E-state index contributed by atoms with van der Waals surface area (Å²) in [6.45, 7) is 6.27. The van der Waals surface area contributed by atoms with Gasteiger partial charge in [-0.3, -0.25) is 4.79 Å². The predicted molar refractivity (Wildman–Crippen MR) is 81.6 cm³/mol. The van der Waals surface area contributed by atoms with E-state index in [0.29, 0.717) is 12.0 Å². The molecule has 1 aromatic carbocycles. The van der Waals surface area contributed by atoms with Crippen LogP contribution < -0.4 is 11.1 Å². The van der Waals surface area contributed by atoms with Crippen molar-refractivity contribution in [2.75, 3.05) is 6.54 Å². The molecule has 0 heterocycles. The Hall–Kier alpha value is -1.88. The Morgan fingerprint density at radius 1 is 1.24 bits per heavy atom. The number of rotatable bonds is 6. The third-order valence-electron chi connectivity index (χ3n) is 3.18. The topological polar surface area (TPSA) is 92.4 Å². The molecule has 0 spiro atoms. The van der Waals surface area contributed by atoms with Crippen molar-refractivity contribution in [3.63, 3.8) is 0 Å². The molecule has 0 aliphatic heterocycles. The Morgan fingerprint density at radius 2 is 1.81 bits per heavy atom. The maximum absolute atomic E-state index is 12.3. The number of carboxylic acid groups (broad SMARTS) is 1. The number of aliphatic carboxylic acids is 1. The van der Waals surface area contributed by atoms with Crippen LogP contribution in [0.5, 0.6) is 0 Å². The van der Waals surface area contributed by atoms with Gasteiger partial charge in [-0.1, -0.05) is 51.1 Å². The van der Waals surface area contributed by atoms with Gasteiger partial charge in [-0.25, -0.2) is 4.79 Å². The zero-order chi connectivity index (χ0) is 16.0. The zero-order valence-electron chi connectivity index (χ0n) is 12.8. The summed E-state index contributed by atoms with van der Waals surface area (Å²) in [4.78, 5) is 23.7. The van der Waals surface area contributed by atoms with Crippen LogP contribution in [0.4, 0.5) is 0 Å². The summed E-state index contributed by atoms with van der Waals surface area (Å²) in [5, 5.41) is 11.9. The van der Waals surface area contributed by atoms with E-state index in [0.717, 1.165) is 0 Å². The summed E-state index contributed by atoms with van der Waals surface area (Å²) in [5.74, 6) is -1.79. The molecule has 2 atom stereocenters. The number of carbonyl (C=O) groups excluding carboxylic acids is 1. The zero-order valence-corrected chi connectivity index (χ0v) is 12.8. The average Bonchev–Trinajstić information content (AvgIpc) is 2.41.